The van der Waals surface area contributed by atoms with E-state index in [1.807, 2.05) is 18.2 Å². The van der Waals surface area contributed by atoms with Gasteiger partial charge in [0.05, 0.1) is 24.4 Å². The van der Waals surface area contributed by atoms with Gasteiger partial charge in [-0.2, -0.15) is 0 Å². The minimum Gasteiger partial charge on any atom is -0.469 e. The molecule has 2 aromatic rings. The number of hydrogen-bond acceptors (Lipinski definition) is 5. The Hall–Kier alpha value is -2.35. The van der Waals surface area contributed by atoms with Gasteiger partial charge in [-0.1, -0.05) is 29.8 Å². The zero-order chi connectivity index (χ0) is 23.2. The number of rotatable bonds is 8. The average molecular weight is 473 g/mol. The van der Waals surface area contributed by atoms with Gasteiger partial charge < -0.3 is 15.1 Å². The number of aryl methyl sites for hydroxylation is 1. The number of nitrogens with one attached hydrogen (secondary N) is 2. The largest absolute Gasteiger partial charge is 0.469 e. The van der Waals surface area contributed by atoms with Crippen LogP contribution in [0.1, 0.15) is 53.4 Å². The standard InChI is InChI=1S/C25H33ClN4O3/c1-18-20(10-15-33-18)25(32)28-19-8-13-29(14-9-19)17-24(31)27-16-23(30-11-4-5-12-30)21-6-2-3-7-22(21)26/h2-3,6-7,10,15,19,23H,4-5,8-9,11-14,16-17H2,1H3,(H,27,31)(H,28,32). The second-order valence-corrected chi connectivity index (χ2v) is 9.41. The highest BCUT2D eigenvalue weighted by atomic mass is 35.5. The first kappa shape index (κ1) is 23.8. The molecule has 8 heteroatoms. The van der Waals surface area contributed by atoms with Gasteiger partial charge in [0.2, 0.25) is 5.91 Å². The number of halogens is 1. The van der Waals surface area contributed by atoms with E-state index in [0.717, 1.165) is 49.6 Å². The third-order valence-electron chi connectivity index (χ3n) is 6.73. The maximum absolute atomic E-state index is 12.7. The van der Waals surface area contributed by atoms with Crippen LogP contribution in [0.15, 0.2) is 41.0 Å². The predicted molar refractivity (Wildman–Crippen MR) is 128 cm³/mol. The van der Waals surface area contributed by atoms with E-state index in [1.165, 1.54) is 19.1 Å². The number of hydrogen-bond donors (Lipinski definition) is 2. The number of carbonyl (C=O) groups is 2. The second kappa shape index (κ2) is 11.2. The molecule has 1 atom stereocenters. The van der Waals surface area contributed by atoms with Gasteiger partial charge in [0.1, 0.15) is 5.76 Å². The third kappa shape index (κ3) is 6.16. The molecule has 7 nitrogen and oxygen atoms in total. The van der Waals surface area contributed by atoms with Crippen LogP contribution in [-0.2, 0) is 4.79 Å². The number of furan rings is 1. The van der Waals surface area contributed by atoms with Crippen molar-refractivity contribution in [3.8, 4) is 0 Å². The van der Waals surface area contributed by atoms with Crippen LogP contribution in [0.25, 0.3) is 0 Å². The molecule has 178 valence electrons. The number of likely N-dealkylation sites (tertiary alicyclic amines) is 2. The summed E-state index contributed by atoms with van der Waals surface area (Å²) in [5.41, 5.74) is 1.66. The lowest BCUT2D eigenvalue weighted by Crippen LogP contribution is -2.48. The molecule has 2 fully saturated rings. The maximum Gasteiger partial charge on any atom is 0.255 e. The molecule has 2 aliphatic heterocycles. The Balaban J connectivity index is 1.24. The second-order valence-electron chi connectivity index (χ2n) is 9.00. The first-order chi connectivity index (χ1) is 16.0. The third-order valence-corrected chi connectivity index (χ3v) is 7.08. The molecule has 0 radical (unpaired) electrons. The molecule has 1 aromatic carbocycles. The minimum atomic E-state index is -0.0926. The van der Waals surface area contributed by atoms with Gasteiger partial charge in [-0.3, -0.25) is 19.4 Å². The van der Waals surface area contributed by atoms with Gasteiger partial charge in [0.15, 0.2) is 0 Å². The van der Waals surface area contributed by atoms with Gasteiger partial charge in [-0.15, -0.1) is 0 Å². The Morgan fingerprint density at radius 2 is 1.85 bits per heavy atom. The number of amides is 2. The summed E-state index contributed by atoms with van der Waals surface area (Å²) in [5.74, 6) is 0.568. The number of nitrogens with zero attached hydrogens (tertiary/aromatic N) is 2. The summed E-state index contributed by atoms with van der Waals surface area (Å²) in [4.78, 5) is 29.7. The molecular weight excluding hydrogens is 440 g/mol. The number of benzene rings is 1. The average Bonchev–Trinajstić information content (AvgIpc) is 3.48. The van der Waals surface area contributed by atoms with E-state index in [1.54, 1.807) is 13.0 Å². The van der Waals surface area contributed by atoms with Crippen LogP contribution in [0.3, 0.4) is 0 Å². The summed E-state index contributed by atoms with van der Waals surface area (Å²) in [7, 11) is 0. The van der Waals surface area contributed by atoms with Crippen molar-refractivity contribution in [1.82, 2.24) is 20.4 Å². The Bertz CT molecular complexity index is 949. The fraction of sp³-hybridized carbons (Fsp3) is 0.520. The van der Waals surface area contributed by atoms with Crippen molar-refractivity contribution in [3.05, 3.63) is 58.5 Å². The van der Waals surface area contributed by atoms with Gasteiger partial charge in [-0.05, 0) is 63.4 Å². The summed E-state index contributed by atoms with van der Waals surface area (Å²) in [5, 5.41) is 6.97. The summed E-state index contributed by atoms with van der Waals surface area (Å²) in [6.07, 6.45) is 5.55. The number of piperidine rings is 1. The summed E-state index contributed by atoms with van der Waals surface area (Å²) < 4.78 is 5.22. The van der Waals surface area contributed by atoms with E-state index in [2.05, 4.69) is 26.5 Å². The smallest absolute Gasteiger partial charge is 0.255 e. The fourth-order valence-corrected chi connectivity index (χ4v) is 5.08. The Kier molecular flexibility index (Phi) is 8.06. The highest BCUT2D eigenvalue weighted by molar-refractivity contribution is 6.31. The molecule has 0 bridgehead atoms. The van der Waals surface area contributed by atoms with Crippen LogP contribution >= 0.6 is 11.6 Å². The molecule has 1 aromatic heterocycles. The lowest BCUT2D eigenvalue weighted by Gasteiger charge is -2.32. The van der Waals surface area contributed by atoms with Crippen LogP contribution in [0.2, 0.25) is 5.02 Å². The van der Waals surface area contributed by atoms with Crippen molar-refractivity contribution in [1.29, 1.82) is 0 Å². The van der Waals surface area contributed by atoms with Crippen LogP contribution in [-0.4, -0.2) is 66.9 Å². The van der Waals surface area contributed by atoms with Crippen LogP contribution < -0.4 is 10.6 Å². The van der Waals surface area contributed by atoms with Crippen LogP contribution in [0.5, 0.6) is 0 Å². The van der Waals surface area contributed by atoms with Gasteiger partial charge in [0.25, 0.3) is 5.91 Å². The molecule has 0 saturated carbocycles. The SMILES string of the molecule is Cc1occc1C(=O)NC1CCN(CC(=O)NCC(c2ccccc2Cl)N2CCCC2)CC1. The maximum atomic E-state index is 12.7. The van der Waals surface area contributed by atoms with Gasteiger partial charge in [0, 0.05) is 30.7 Å². The van der Waals surface area contributed by atoms with Crippen molar-refractivity contribution in [3.63, 3.8) is 0 Å². The first-order valence-corrected chi connectivity index (χ1v) is 12.2. The molecule has 0 aliphatic carbocycles. The Morgan fingerprint density at radius 1 is 1.12 bits per heavy atom. The molecule has 33 heavy (non-hydrogen) atoms. The van der Waals surface area contributed by atoms with E-state index < -0.39 is 0 Å². The Morgan fingerprint density at radius 3 is 2.52 bits per heavy atom. The van der Waals surface area contributed by atoms with E-state index >= 15 is 0 Å². The summed E-state index contributed by atoms with van der Waals surface area (Å²) in [6.45, 7) is 6.34. The molecule has 4 rings (SSSR count). The summed E-state index contributed by atoms with van der Waals surface area (Å²) in [6, 6.07) is 9.82. The van der Waals surface area contributed by atoms with Crippen molar-refractivity contribution in [2.45, 2.75) is 44.7 Å². The van der Waals surface area contributed by atoms with E-state index in [-0.39, 0.29) is 23.9 Å². The van der Waals surface area contributed by atoms with Crippen molar-refractivity contribution >= 4 is 23.4 Å². The van der Waals surface area contributed by atoms with Crippen molar-refractivity contribution < 1.29 is 14.0 Å². The molecule has 3 heterocycles. The van der Waals surface area contributed by atoms with E-state index in [4.69, 9.17) is 16.0 Å². The lowest BCUT2D eigenvalue weighted by molar-refractivity contribution is -0.122. The number of carbonyl (C=O) groups excluding carboxylic acids is 2. The molecule has 0 spiro atoms. The Labute approximate surface area is 200 Å². The van der Waals surface area contributed by atoms with Crippen LogP contribution in [0, 0.1) is 6.92 Å². The first-order valence-electron chi connectivity index (χ1n) is 11.8. The monoisotopic (exact) mass is 472 g/mol. The topological polar surface area (TPSA) is 77.8 Å². The predicted octanol–water partition coefficient (Wildman–Crippen LogP) is 3.39. The van der Waals surface area contributed by atoms with Gasteiger partial charge >= 0.3 is 0 Å². The quantitative estimate of drug-likeness (QED) is 0.615. The lowest BCUT2D eigenvalue weighted by atomic mass is 10.0. The van der Waals surface area contributed by atoms with Crippen LogP contribution in [0.4, 0.5) is 0 Å². The highest BCUT2D eigenvalue weighted by Gasteiger charge is 2.27. The normalized spacial score (nSPS) is 18.8. The molecule has 2 saturated heterocycles. The van der Waals surface area contributed by atoms with Crippen molar-refractivity contribution in [2.24, 2.45) is 0 Å². The van der Waals surface area contributed by atoms with Crippen molar-refractivity contribution in [2.75, 3.05) is 39.3 Å². The minimum absolute atomic E-state index is 0.0303. The highest BCUT2D eigenvalue weighted by Crippen LogP contribution is 2.29. The molecular formula is C25H33ClN4O3. The summed E-state index contributed by atoms with van der Waals surface area (Å²) >= 11 is 6.48. The molecule has 1 unspecified atom stereocenters. The molecule has 2 aliphatic rings. The molecule has 2 amide bonds. The zero-order valence-electron chi connectivity index (χ0n) is 19.2. The fourth-order valence-electron chi connectivity index (χ4n) is 4.82. The molecule has 2 N–H and O–H groups in total. The van der Waals surface area contributed by atoms with E-state index in [0.29, 0.717) is 24.4 Å². The van der Waals surface area contributed by atoms with Gasteiger partial charge in [-0.25, -0.2) is 0 Å². The zero-order valence-corrected chi connectivity index (χ0v) is 19.9. The van der Waals surface area contributed by atoms with E-state index in [9.17, 15) is 9.59 Å².